The number of halogens is 1. The van der Waals surface area contributed by atoms with Gasteiger partial charge in [-0.2, -0.15) is 0 Å². The van der Waals surface area contributed by atoms with Crippen molar-refractivity contribution < 1.29 is 18.0 Å². The summed E-state index contributed by atoms with van der Waals surface area (Å²) in [4.78, 5) is 28.4. The number of rotatable bonds is 12. The fraction of sp³-hybridized carbons (Fsp3) is 0.310. The maximum atomic E-state index is 13.9. The van der Waals surface area contributed by atoms with Gasteiger partial charge >= 0.3 is 0 Å². The van der Waals surface area contributed by atoms with Gasteiger partial charge in [-0.1, -0.05) is 67.4 Å². The van der Waals surface area contributed by atoms with Gasteiger partial charge in [-0.05, 0) is 67.8 Å². The Labute approximate surface area is 230 Å². The van der Waals surface area contributed by atoms with Crippen LogP contribution >= 0.6 is 11.6 Å². The molecule has 0 aliphatic rings. The molecule has 0 bridgehead atoms. The van der Waals surface area contributed by atoms with Crippen molar-refractivity contribution in [2.24, 2.45) is 0 Å². The second-order valence-corrected chi connectivity index (χ2v) is 11.4. The van der Waals surface area contributed by atoms with Crippen LogP contribution in [-0.4, -0.2) is 44.3 Å². The van der Waals surface area contributed by atoms with E-state index < -0.39 is 28.5 Å². The van der Waals surface area contributed by atoms with Crippen LogP contribution in [0.5, 0.6) is 0 Å². The van der Waals surface area contributed by atoms with Crippen molar-refractivity contribution in [3.63, 3.8) is 0 Å². The van der Waals surface area contributed by atoms with Gasteiger partial charge < -0.3 is 10.2 Å². The number of anilines is 1. The second-order valence-electron chi connectivity index (χ2n) is 9.07. The van der Waals surface area contributed by atoms with Crippen molar-refractivity contribution >= 4 is 39.1 Å². The molecule has 0 aliphatic heterocycles. The number of carbonyl (C=O) groups excluding carboxylic acids is 2. The molecule has 3 rings (SSSR count). The summed E-state index contributed by atoms with van der Waals surface area (Å²) < 4.78 is 28.5. The fourth-order valence-electron chi connectivity index (χ4n) is 3.95. The fourth-order valence-corrected chi connectivity index (χ4v) is 5.51. The van der Waals surface area contributed by atoms with Crippen LogP contribution in [0.1, 0.15) is 37.8 Å². The van der Waals surface area contributed by atoms with E-state index in [0.29, 0.717) is 17.3 Å². The van der Waals surface area contributed by atoms with Gasteiger partial charge in [-0.15, -0.1) is 0 Å². The second kappa shape index (κ2) is 13.4. The van der Waals surface area contributed by atoms with Gasteiger partial charge in [-0.25, -0.2) is 8.42 Å². The highest BCUT2D eigenvalue weighted by molar-refractivity contribution is 7.92. The van der Waals surface area contributed by atoms with E-state index in [1.165, 1.54) is 17.0 Å². The summed E-state index contributed by atoms with van der Waals surface area (Å²) >= 11 is 6.05. The van der Waals surface area contributed by atoms with Gasteiger partial charge in [0.1, 0.15) is 12.6 Å². The Morgan fingerprint density at radius 3 is 2.21 bits per heavy atom. The standard InChI is InChI=1S/C29H34ClN3O4S/c1-4-5-19-31-29(35)23(3)32(20-24-12-10-9-11-22(24)2)28(34)21-33(26-17-15-25(30)16-18-26)38(36,37)27-13-7-6-8-14-27/h6-18,23H,4-5,19-21H2,1-3H3,(H,31,35)/t23-/m0/s1. The first-order chi connectivity index (χ1) is 18.1. The molecule has 202 valence electrons. The monoisotopic (exact) mass is 555 g/mol. The predicted molar refractivity (Wildman–Crippen MR) is 152 cm³/mol. The van der Waals surface area contributed by atoms with E-state index in [1.54, 1.807) is 49.4 Å². The van der Waals surface area contributed by atoms with Crippen LogP contribution in [-0.2, 0) is 26.2 Å². The molecule has 0 saturated heterocycles. The molecule has 0 unspecified atom stereocenters. The first kappa shape index (κ1) is 29.2. The van der Waals surface area contributed by atoms with E-state index in [1.807, 2.05) is 38.1 Å². The molecule has 0 spiro atoms. The molecule has 9 heteroatoms. The molecule has 0 aliphatic carbocycles. The molecule has 0 radical (unpaired) electrons. The Kier molecular flexibility index (Phi) is 10.3. The Morgan fingerprint density at radius 2 is 1.58 bits per heavy atom. The lowest BCUT2D eigenvalue weighted by Crippen LogP contribution is -2.51. The van der Waals surface area contributed by atoms with Gasteiger partial charge in [0.25, 0.3) is 10.0 Å². The largest absolute Gasteiger partial charge is 0.354 e. The van der Waals surface area contributed by atoms with Crippen LogP contribution in [0.2, 0.25) is 5.02 Å². The van der Waals surface area contributed by atoms with Crippen molar-refractivity contribution in [3.8, 4) is 0 Å². The third-order valence-corrected chi connectivity index (χ3v) is 8.36. The van der Waals surface area contributed by atoms with E-state index in [-0.39, 0.29) is 17.3 Å². The lowest BCUT2D eigenvalue weighted by atomic mass is 10.1. The molecule has 1 N–H and O–H groups in total. The molecule has 0 saturated carbocycles. The third-order valence-electron chi connectivity index (χ3n) is 6.32. The lowest BCUT2D eigenvalue weighted by molar-refractivity contribution is -0.139. The SMILES string of the molecule is CCCCNC(=O)[C@H](C)N(Cc1ccccc1C)C(=O)CN(c1ccc(Cl)cc1)S(=O)(=O)c1ccccc1. The molecule has 0 heterocycles. The van der Waals surface area contributed by atoms with E-state index >= 15 is 0 Å². The van der Waals surface area contributed by atoms with Gasteiger partial charge in [0.15, 0.2) is 0 Å². The Balaban J connectivity index is 1.99. The highest BCUT2D eigenvalue weighted by Crippen LogP contribution is 2.26. The summed E-state index contributed by atoms with van der Waals surface area (Å²) in [6.07, 6.45) is 1.75. The predicted octanol–water partition coefficient (Wildman–Crippen LogP) is 5.18. The summed E-state index contributed by atoms with van der Waals surface area (Å²) in [7, 11) is -4.10. The Hall–Kier alpha value is -3.36. The molecule has 3 aromatic carbocycles. The highest BCUT2D eigenvalue weighted by atomic mass is 35.5. The van der Waals surface area contributed by atoms with Crippen molar-refractivity contribution in [1.82, 2.24) is 10.2 Å². The first-order valence-electron chi connectivity index (χ1n) is 12.6. The summed E-state index contributed by atoms with van der Waals surface area (Å²) in [5.41, 5.74) is 2.14. The summed E-state index contributed by atoms with van der Waals surface area (Å²) in [6.45, 7) is 5.80. The molecular formula is C29H34ClN3O4S. The number of unbranched alkanes of at least 4 members (excludes halogenated alkanes) is 1. The van der Waals surface area contributed by atoms with E-state index in [0.717, 1.165) is 28.3 Å². The maximum absolute atomic E-state index is 13.9. The molecule has 2 amide bonds. The number of aryl methyl sites for hydroxylation is 1. The number of hydrogen-bond donors (Lipinski definition) is 1. The van der Waals surface area contributed by atoms with Crippen molar-refractivity contribution in [2.45, 2.75) is 51.1 Å². The van der Waals surface area contributed by atoms with Gasteiger partial charge in [0.2, 0.25) is 11.8 Å². The van der Waals surface area contributed by atoms with Crippen LogP contribution in [0, 0.1) is 6.92 Å². The van der Waals surface area contributed by atoms with Crippen molar-refractivity contribution in [2.75, 3.05) is 17.4 Å². The zero-order valence-corrected chi connectivity index (χ0v) is 23.5. The maximum Gasteiger partial charge on any atom is 0.264 e. The summed E-state index contributed by atoms with van der Waals surface area (Å²) in [6, 6.07) is 21.0. The number of benzene rings is 3. The molecular weight excluding hydrogens is 522 g/mol. The minimum Gasteiger partial charge on any atom is -0.354 e. The molecule has 1 atom stereocenters. The number of carbonyl (C=O) groups is 2. The molecule has 3 aromatic rings. The zero-order valence-electron chi connectivity index (χ0n) is 21.9. The lowest BCUT2D eigenvalue weighted by Gasteiger charge is -2.32. The first-order valence-corrected chi connectivity index (χ1v) is 14.4. The average Bonchev–Trinajstić information content (AvgIpc) is 2.92. The number of amides is 2. The molecule has 0 fully saturated rings. The average molecular weight is 556 g/mol. The van der Waals surface area contributed by atoms with Crippen molar-refractivity contribution in [3.05, 3.63) is 95.0 Å². The smallest absolute Gasteiger partial charge is 0.264 e. The van der Waals surface area contributed by atoms with Crippen LogP contribution < -0.4 is 9.62 Å². The number of sulfonamides is 1. The van der Waals surface area contributed by atoms with Crippen LogP contribution in [0.4, 0.5) is 5.69 Å². The zero-order chi connectivity index (χ0) is 27.7. The summed E-state index contributed by atoms with van der Waals surface area (Å²) in [5.74, 6) is -0.787. The van der Waals surface area contributed by atoms with E-state index in [9.17, 15) is 18.0 Å². The number of nitrogens with one attached hydrogen (secondary N) is 1. The molecule has 7 nitrogen and oxygen atoms in total. The summed E-state index contributed by atoms with van der Waals surface area (Å²) in [5, 5.41) is 3.33. The number of hydrogen-bond acceptors (Lipinski definition) is 4. The van der Waals surface area contributed by atoms with Gasteiger partial charge in [0.05, 0.1) is 10.6 Å². The minimum atomic E-state index is -4.10. The Bertz CT molecular complexity index is 1330. The van der Waals surface area contributed by atoms with Gasteiger partial charge in [0, 0.05) is 18.1 Å². The van der Waals surface area contributed by atoms with E-state index in [2.05, 4.69) is 5.32 Å². The quantitative estimate of drug-likeness (QED) is 0.312. The normalized spacial score (nSPS) is 12.0. The molecule has 38 heavy (non-hydrogen) atoms. The van der Waals surface area contributed by atoms with E-state index in [4.69, 9.17) is 11.6 Å². The number of nitrogens with zero attached hydrogens (tertiary/aromatic N) is 2. The third kappa shape index (κ3) is 7.36. The Morgan fingerprint density at radius 1 is 0.947 bits per heavy atom. The topological polar surface area (TPSA) is 86.8 Å². The molecule has 0 aromatic heterocycles. The highest BCUT2D eigenvalue weighted by Gasteiger charge is 2.32. The van der Waals surface area contributed by atoms with Crippen LogP contribution in [0.25, 0.3) is 0 Å². The van der Waals surface area contributed by atoms with Gasteiger partial charge in [-0.3, -0.25) is 13.9 Å². The van der Waals surface area contributed by atoms with Crippen LogP contribution in [0.15, 0.2) is 83.8 Å². The minimum absolute atomic E-state index is 0.0542. The van der Waals surface area contributed by atoms with Crippen molar-refractivity contribution in [1.29, 1.82) is 0 Å². The van der Waals surface area contributed by atoms with Crippen LogP contribution in [0.3, 0.4) is 0 Å².